The molecule has 0 bridgehead atoms. The predicted octanol–water partition coefficient (Wildman–Crippen LogP) is 1.37. The summed E-state index contributed by atoms with van der Waals surface area (Å²) >= 11 is 0. The molecule has 0 aliphatic carbocycles. The molecule has 5 heteroatoms. The Morgan fingerprint density at radius 1 is 1.47 bits per heavy atom. The van der Waals surface area contributed by atoms with E-state index in [0.717, 1.165) is 24.2 Å². The highest BCUT2D eigenvalue weighted by molar-refractivity contribution is 5.80. The Balaban J connectivity index is 2.37. The van der Waals surface area contributed by atoms with Crippen LogP contribution in [0.3, 0.4) is 0 Å². The number of hydrogen-bond acceptors (Lipinski definition) is 4. The van der Waals surface area contributed by atoms with Crippen LogP contribution in [-0.2, 0) is 6.54 Å². The zero-order chi connectivity index (χ0) is 10.8. The van der Waals surface area contributed by atoms with E-state index in [1.165, 1.54) is 6.33 Å². The minimum absolute atomic E-state index is 0.425. The number of anilines is 1. The van der Waals surface area contributed by atoms with Gasteiger partial charge in [-0.1, -0.05) is 5.57 Å². The molecule has 0 spiro atoms. The van der Waals surface area contributed by atoms with Gasteiger partial charge in [-0.2, -0.15) is 0 Å². The molecule has 2 rings (SSSR count). The smallest absolute Gasteiger partial charge is 0.165 e. The molecule has 0 atom stereocenters. The van der Waals surface area contributed by atoms with Crippen LogP contribution in [0.4, 0.5) is 5.82 Å². The fourth-order valence-electron chi connectivity index (χ4n) is 1.37. The highest BCUT2D eigenvalue weighted by Gasteiger charge is 2.06. The molecule has 78 valence electrons. The normalized spacial score (nSPS) is 10.7. The maximum Gasteiger partial charge on any atom is 0.165 e. The van der Waals surface area contributed by atoms with Gasteiger partial charge in [-0.3, -0.25) is 0 Å². The Labute approximate surface area is 87.7 Å². The van der Waals surface area contributed by atoms with E-state index >= 15 is 0 Å². The number of hydrogen-bond donors (Lipinski definition) is 1. The minimum Gasteiger partial charge on any atom is -0.382 e. The number of aromatic nitrogens is 4. The first-order valence-corrected chi connectivity index (χ1v) is 4.74. The maximum absolute atomic E-state index is 5.68. The molecule has 15 heavy (non-hydrogen) atoms. The monoisotopic (exact) mass is 203 g/mol. The lowest BCUT2D eigenvalue weighted by Gasteiger charge is -2.02. The van der Waals surface area contributed by atoms with Crippen molar-refractivity contribution in [1.82, 2.24) is 19.5 Å². The summed E-state index contributed by atoms with van der Waals surface area (Å²) in [5.41, 5.74) is 8.27. The van der Waals surface area contributed by atoms with E-state index < -0.39 is 0 Å². The summed E-state index contributed by atoms with van der Waals surface area (Å²) in [6.07, 6.45) is 4.10. The van der Waals surface area contributed by atoms with Gasteiger partial charge in [0.15, 0.2) is 11.5 Å². The van der Waals surface area contributed by atoms with Gasteiger partial charge in [0.1, 0.15) is 11.8 Å². The summed E-state index contributed by atoms with van der Waals surface area (Å²) in [7, 11) is 0. The Bertz CT molecular complexity index is 499. The number of rotatable bonds is 3. The van der Waals surface area contributed by atoms with Gasteiger partial charge in [0.25, 0.3) is 0 Å². The molecule has 0 fully saturated rings. The van der Waals surface area contributed by atoms with Crippen molar-refractivity contribution in [1.29, 1.82) is 0 Å². The van der Waals surface area contributed by atoms with Gasteiger partial charge in [-0.15, -0.1) is 6.58 Å². The topological polar surface area (TPSA) is 69.6 Å². The SMILES string of the molecule is C=C(C)CCn1cnc2c(N)ncnc21. The Hall–Kier alpha value is -1.91. The van der Waals surface area contributed by atoms with Crippen molar-refractivity contribution in [2.24, 2.45) is 0 Å². The van der Waals surface area contributed by atoms with Crippen molar-refractivity contribution < 1.29 is 0 Å². The first kappa shape index (κ1) is 9.64. The van der Waals surface area contributed by atoms with Crippen LogP contribution in [0.5, 0.6) is 0 Å². The number of nitrogens with zero attached hydrogens (tertiary/aromatic N) is 4. The summed E-state index contributed by atoms with van der Waals surface area (Å²) in [4.78, 5) is 12.2. The lowest BCUT2D eigenvalue weighted by atomic mass is 10.2. The molecule has 2 heterocycles. The summed E-state index contributed by atoms with van der Waals surface area (Å²) in [6, 6.07) is 0. The number of aryl methyl sites for hydroxylation is 1. The second kappa shape index (κ2) is 3.68. The van der Waals surface area contributed by atoms with E-state index in [4.69, 9.17) is 5.73 Å². The van der Waals surface area contributed by atoms with Gasteiger partial charge in [-0.05, 0) is 13.3 Å². The Morgan fingerprint density at radius 2 is 2.27 bits per heavy atom. The molecular weight excluding hydrogens is 190 g/mol. The van der Waals surface area contributed by atoms with E-state index in [-0.39, 0.29) is 0 Å². The summed E-state index contributed by atoms with van der Waals surface area (Å²) in [5.74, 6) is 0.425. The zero-order valence-electron chi connectivity index (χ0n) is 8.64. The van der Waals surface area contributed by atoms with Crippen molar-refractivity contribution in [3.8, 4) is 0 Å². The number of nitrogens with two attached hydrogens (primary N) is 1. The first-order chi connectivity index (χ1) is 7.18. The molecule has 0 aromatic carbocycles. The summed E-state index contributed by atoms with van der Waals surface area (Å²) in [5, 5.41) is 0. The average Bonchev–Trinajstić information content (AvgIpc) is 2.59. The minimum atomic E-state index is 0.425. The molecule has 2 N–H and O–H groups in total. The molecule has 0 saturated carbocycles. The van der Waals surface area contributed by atoms with E-state index in [1.807, 2.05) is 11.5 Å². The van der Waals surface area contributed by atoms with E-state index in [2.05, 4.69) is 21.5 Å². The molecule has 0 unspecified atom stereocenters. The lowest BCUT2D eigenvalue weighted by molar-refractivity contribution is 0.705. The molecular formula is C10H13N5. The van der Waals surface area contributed by atoms with Gasteiger partial charge in [-0.25, -0.2) is 15.0 Å². The first-order valence-electron chi connectivity index (χ1n) is 4.74. The predicted molar refractivity (Wildman–Crippen MR) is 59.2 cm³/mol. The van der Waals surface area contributed by atoms with E-state index in [0.29, 0.717) is 11.3 Å². The van der Waals surface area contributed by atoms with Crippen molar-refractivity contribution >= 4 is 17.0 Å². The van der Waals surface area contributed by atoms with Gasteiger partial charge in [0, 0.05) is 6.54 Å². The standard InChI is InChI=1S/C10H13N5/c1-7(2)3-4-15-6-14-8-9(11)12-5-13-10(8)15/h5-6H,1,3-4H2,2H3,(H2,11,12,13). The van der Waals surface area contributed by atoms with Crippen LogP contribution in [0, 0.1) is 0 Å². The maximum atomic E-state index is 5.68. The van der Waals surface area contributed by atoms with E-state index in [9.17, 15) is 0 Å². The largest absolute Gasteiger partial charge is 0.382 e. The fraction of sp³-hybridized carbons (Fsp3) is 0.300. The molecule has 0 amide bonds. The van der Waals surface area contributed by atoms with Crippen LogP contribution >= 0.6 is 0 Å². The van der Waals surface area contributed by atoms with Crippen LogP contribution in [0.1, 0.15) is 13.3 Å². The number of allylic oxidation sites excluding steroid dienone is 1. The van der Waals surface area contributed by atoms with Crippen LogP contribution in [-0.4, -0.2) is 19.5 Å². The molecule has 2 aromatic rings. The highest BCUT2D eigenvalue weighted by Crippen LogP contribution is 2.14. The lowest BCUT2D eigenvalue weighted by Crippen LogP contribution is -1.99. The molecule has 2 aromatic heterocycles. The molecule has 5 nitrogen and oxygen atoms in total. The van der Waals surface area contributed by atoms with Gasteiger partial charge >= 0.3 is 0 Å². The van der Waals surface area contributed by atoms with Crippen molar-refractivity contribution in [3.63, 3.8) is 0 Å². The van der Waals surface area contributed by atoms with E-state index in [1.54, 1.807) is 6.33 Å². The third kappa shape index (κ3) is 1.81. The van der Waals surface area contributed by atoms with Gasteiger partial charge in [0.2, 0.25) is 0 Å². The zero-order valence-corrected chi connectivity index (χ0v) is 8.64. The van der Waals surface area contributed by atoms with Crippen molar-refractivity contribution in [2.45, 2.75) is 19.9 Å². The Kier molecular flexibility index (Phi) is 2.37. The molecule has 0 aliphatic rings. The summed E-state index contributed by atoms with van der Waals surface area (Å²) < 4.78 is 1.96. The van der Waals surface area contributed by atoms with Crippen molar-refractivity contribution in [2.75, 3.05) is 5.73 Å². The van der Waals surface area contributed by atoms with Crippen LogP contribution < -0.4 is 5.73 Å². The fourth-order valence-corrected chi connectivity index (χ4v) is 1.37. The third-order valence-corrected chi connectivity index (χ3v) is 2.21. The van der Waals surface area contributed by atoms with Crippen LogP contribution in [0.15, 0.2) is 24.8 Å². The third-order valence-electron chi connectivity index (χ3n) is 2.21. The average molecular weight is 203 g/mol. The van der Waals surface area contributed by atoms with Crippen molar-refractivity contribution in [3.05, 3.63) is 24.8 Å². The second-order valence-corrected chi connectivity index (χ2v) is 3.58. The van der Waals surface area contributed by atoms with Crippen LogP contribution in [0.25, 0.3) is 11.2 Å². The van der Waals surface area contributed by atoms with Crippen LogP contribution in [0.2, 0.25) is 0 Å². The molecule has 0 aliphatic heterocycles. The molecule has 0 saturated heterocycles. The number of nitrogen functional groups attached to an aromatic ring is 1. The number of imidazole rings is 1. The quantitative estimate of drug-likeness (QED) is 0.765. The number of fused-ring (bicyclic) bond motifs is 1. The summed E-state index contributed by atoms with van der Waals surface area (Å²) in [6.45, 7) is 6.69. The second-order valence-electron chi connectivity index (χ2n) is 3.58. The highest BCUT2D eigenvalue weighted by atomic mass is 15.1. The van der Waals surface area contributed by atoms with Gasteiger partial charge in [0.05, 0.1) is 6.33 Å². The molecule has 0 radical (unpaired) electrons. The Morgan fingerprint density at radius 3 is 3.00 bits per heavy atom. The van der Waals surface area contributed by atoms with Gasteiger partial charge < -0.3 is 10.3 Å².